The molecule has 0 amide bonds. The van der Waals surface area contributed by atoms with Gasteiger partial charge in [0.2, 0.25) is 5.95 Å². The molecule has 0 bridgehead atoms. The van der Waals surface area contributed by atoms with E-state index in [0.717, 1.165) is 62.7 Å². The van der Waals surface area contributed by atoms with Gasteiger partial charge in [0.1, 0.15) is 5.82 Å². The predicted octanol–water partition coefficient (Wildman–Crippen LogP) is 2.49. The molecule has 26 heavy (non-hydrogen) atoms. The Hall–Kier alpha value is -2.25. The van der Waals surface area contributed by atoms with Gasteiger partial charge in [-0.05, 0) is 52.0 Å². The molecule has 2 aromatic rings. The van der Waals surface area contributed by atoms with Crippen LogP contribution in [0.15, 0.2) is 30.5 Å². The number of hydrogen-bond acceptors (Lipinski definition) is 7. The van der Waals surface area contributed by atoms with E-state index < -0.39 is 0 Å². The standard InChI is InChI=1S/C19H28N6O/c1-25(2)11-6-10-21-19-23-17(16-8-3-4-9-20-16)13-18(24-19)22-14-15-7-5-12-26-15/h3-4,8-9,13,15H,5-7,10-12,14H2,1-2H3,(H2,21,22,23,24)/t15-/m0/s1. The molecule has 0 saturated carbocycles. The zero-order valence-electron chi connectivity index (χ0n) is 15.6. The molecule has 0 aromatic carbocycles. The first-order valence-electron chi connectivity index (χ1n) is 9.25. The van der Waals surface area contributed by atoms with Crippen molar-refractivity contribution < 1.29 is 4.74 Å². The molecule has 0 spiro atoms. The van der Waals surface area contributed by atoms with Crippen molar-refractivity contribution in [2.24, 2.45) is 0 Å². The Labute approximate surface area is 155 Å². The van der Waals surface area contributed by atoms with Gasteiger partial charge < -0.3 is 20.3 Å². The van der Waals surface area contributed by atoms with Crippen LogP contribution in [-0.2, 0) is 4.74 Å². The number of hydrogen-bond donors (Lipinski definition) is 2. The fraction of sp³-hybridized carbons (Fsp3) is 0.526. The van der Waals surface area contributed by atoms with E-state index in [4.69, 9.17) is 4.74 Å². The molecule has 3 heterocycles. The smallest absolute Gasteiger partial charge is 0.225 e. The highest BCUT2D eigenvalue weighted by Crippen LogP contribution is 2.20. The second-order valence-electron chi connectivity index (χ2n) is 6.78. The number of nitrogens with zero attached hydrogens (tertiary/aromatic N) is 4. The lowest BCUT2D eigenvalue weighted by molar-refractivity contribution is 0.120. The first-order chi connectivity index (χ1) is 12.7. The monoisotopic (exact) mass is 356 g/mol. The Kier molecular flexibility index (Phi) is 6.74. The van der Waals surface area contributed by atoms with Crippen molar-refractivity contribution in [3.05, 3.63) is 30.5 Å². The van der Waals surface area contributed by atoms with Crippen LogP contribution in [0.3, 0.4) is 0 Å². The largest absolute Gasteiger partial charge is 0.376 e. The van der Waals surface area contributed by atoms with E-state index in [-0.39, 0.29) is 6.10 Å². The lowest BCUT2D eigenvalue weighted by atomic mass is 10.2. The Morgan fingerprint density at radius 2 is 2.12 bits per heavy atom. The molecule has 140 valence electrons. The minimum absolute atomic E-state index is 0.264. The van der Waals surface area contributed by atoms with Gasteiger partial charge in [0, 0.05) is 32.0 Å². The number of pyridine rings is 1. The maximum absolute atomic E-state index is 5.68. The normalized spacial score (nSPS) is 16.8. The van der Waals surface area contributed by atoms with Gasteiger partial charge in [-0.15, -0.1) is 0 Å². The number of nitrogens with one attached hydrogen (secondary N) is 2. The summed E-state index contributed by atoms with van der Waals surface area (Å²) in [4.78, 5) is 15.8. The molecular formula is C19H28N6O. The first kappa shape index (κ1) is 18.5. The van der Waals surface area contributed by atoms with Gasteiger partial charge in [-0.3, -0.25) is 4.98 Å². The third-order valence-electron chi connectivity index (χ3n) is 4.25. The van der Waals surface area contributed by atoms with Crippen molar-refractivity contribution in [3.8, 4) is 11.4 Å². The van der Waals surface area contributed by atoms with Crippen molar-refractivity contribution in [2.75, 3.05) is 51.0 Å². The lowest BCUT2D eigenvalue weighted by Crippen LogP contribution is -2.20. The molecular weight excluding hydrogens is 328 g/mol. The Balaban J connectivity index is 1.70. The van der Waals surface area contributed by atoms with Gasteiger partial charge in [0.05, 0.1) is 17.5 Å². The third-order valence-corrected chi connectivity index (χ3v) is 4.25. The maximum Gasteiger partial charge on any atom is 0.225 e. The van der Waals surface area contributed by atoms with Gasteiger partial charge in [-0.1, -0.05) is 6.07 Å². The molecule has 1 aliphatic heterocycles. The summed E-state index contributed by atoms with van der Waals surface area (Å²) in [7, 11) is 4.15. The minimum Gasteiger partial charge on any atom is -0.376 e. The topological polar surface area (TPSA) is 75.2 Å². The summed E-state index contributed by atoms with van der Waals surface area (Å²) >= 11 is 0. The van der Waals surface area contributed by atoms with Gasteiger partial charge in [-0.25, -0.2) is 4.98 Å². The highest BCUT2D eigenvalue weighted by Gasteiger charge is 2.16. The summed E-state index contributed by atoms with van der Waals surface area (Å²) in [5, 5.41) is 6.72. The molecule has 7 nitrogen and oxygen atoms in total. The first-order valence-corrected chi connectivity index (χ1v) is 9.25. The number of aromatic nitrogens is 3. The van der Waals surface area contributed by atoms with Gasteiger partial charge >= 0.3 is 0 Å². The van der Waals surface area contributed by atoms with Crippen LogP contribution in [0, 0.1) is 0 Å². The Morgan fingerprint density at radius 3 is 2.85 bits per heavy atom. The Bertz CT molecular complexity index is 673. The Morgan fingerprint density at radius 1 is 1.19 bits per heavy atom. The van der Waals surface area contributed by atoms with Crippen molar-refractivity contribution in [3.63, 3.8) is 0 Å². The zero-order chi connectivity index (χ0) is 18.2. The van der Waals surface area contributed by atoms with Crippen molar-refractivity contribution in [2.45, 2.75) is 25.4 Å². The van der Waals surface area contributed by atoms with E-state index in [1.54, 1.807) is 6.20 Å². The maximum atomic E-state index is 5.68. The van der Waals surface area contributed by atoms with Gasteiger partial charge in [0.15, 0.2) is 0 Å². The van der Waals surface area contributed by atoms with Crippen LogP contribution in [0.4, 0.5) is 11.8 Å². The predicted molar refractivity (Wildman–Crippen MR) is 104 cm³/mol. The van der Waals surface area contributed by atoms with E-state index >= 15 is 0 Å². The average molecular weight is 356 g/mol. The lowest BCUT2D eigenvalue weighted by Gasteiger charge is -2.14. The fourth-order valence-electron chi connectivity index (χ4n) is 2.88. The molecule has 2 aromatic heterocycles. The van der Waals surface area contributed by atoms with E-state index in [1.807, 2.05) is 24.3 Å². The molecule has 1 saturated heterocycles. The summed E-state index contributed by atoms with van der Waals surface area (Å²) in [5.41, 5.74) is 1.65. The molecule has 0 unspecified atom stereocenters. The SMILES string of the molecule is CN(C)CCCNc1nc(NC[C@@H]2CCCO2)cc(-c2ccccn2)n1. The van der Waals surface area contributed by atoms with E-state index in [0.29, 0.717) is 5.95 Å². The van der Waals surface area contributed by atoms with Gasteiger partial charge in [-0.2, -0.15) is 4.98 Å². The molecule has 0 aliphatic carbocycles. The van der Waals surface area contributed by atoms with Crippen molar-refractivity contribution in [1.29, 1.82) is 0 Å². The molecule has 0 radical (unpaired) electrons. The van der Waals surface area contributed by atoms with Crippen molar-refractivity contribution in [1.82, 2.24) is 19.9 Å². The van der Waals surface area contributed by atoms with Crippen LogP contribution < -0.4 is 10.6 Å². The van der Waals surface area contributed by atoms with Crippen LogP contribution in [0.25, 0.3) is 11.4 Å². The molecule has 7 heteroatoms. The molecule has 3 rings (SSSR count). The quantitative estimate of drug-likeness (QED) is 0.669. The summed E-state index contributed by atoms with van der Waals surface area (Å²) in [5.74, 6) is 1.42. The highest BCUT2D eigenvalue weighted by molar-refractivity contribution is 5.60. The van der Waals surface area contributed by atoms with Crippen LogP contribution in [-0.4, -0.2) is 66.3 Å². The minimum atomic E-state index is 0.264. The molecule has 2 N–H and O–H groups in total. The number of anilines is 2. The molecule has 1 fully saturated rings. The summed E-state index contributed by atoms with van der Waals surface area (Å²) in [6.07, 6.45) is 5.30. The van der Waals surface area contributed by atoms with Crippen LogP contribution in [0.1, 0.15) is 19.3 Å². The number of rotatable bonds is 9. The summed E-state index contributed by atoms with van der Waals surface area (Å²) in [6, 6.07) is 7.78. The van der Waals surface area contributed by atoms with E-state index in [1.165, 1.54) is 0 Å². The second-order valence-corrected chi connectivity index (χ2v) is 6.78. The highest BCUT2D eigenvalue weighted by atomic mass is 16.5. The average Bonchev–Trinajstić information content (AvgIpc) is 3.18. The summed E-state index contributed by atoms with van der Waals surface area (Å²) in [6.45, 7) is 3.47. The number of ether oxygens (including phenoxy) is 1. The van der Waals surface area contributed by atoms with Gasteiger partial charge in [0.25, 0.3) is 0 Å². The fourth-order valence-corrected chi connectivity index (χ4v) is 2.88. The summed E-state index contributed by atoms with van der Waals surface area (Å²) < 4.78 is 5.68. The second kappa shape index (κ2) is 9.45. The zero-order valence-corrected chi connectivity index (χ0v) is 15.6. The van der Waals surface area contributed by atoms with E-state index in [9.17, 15) is 0 Å². The van der Waals surface area contributed by atoms with Crippen molar-refractivity contribution >= 4 is 11.8 Å². The van der Waals surface area contributed by atoms with Crippen LogP contribution in [0.5, 0.6) is 0 Å². The third kappa shape index (κ3) is 5.64. The molecule has 1 atom stereocenters. The van der Waals surface area contributed by atoms with Crippen LogP contribution >= 0.6 is 0 Å². The van der Waals surface area contributed by atoms with Crippen LogP contribution in [0.2, 0.25) is 0 Å². The van der Waals surface area contributed by atoms with E-state index in [2.05, 4.69) is 44.6 Å². The molecule has 1 aliphatic rings.